The molecule has 1 atom stereocenters. The molecule has 0 N–H and O–H groups in total. The van der Waals surface area contributed by atoms with Gasteiger partial charge in [0.15, 0.2) is 6.61 Å². The van der Waals surface area contributed by atoms with Crippen molar-refractivity contribution in [1.29, 1.82) is 0 Å². The Morgan fingerprint density at radius 3 is 2.84 bits per heavy atom. The highest BCUT2D eigenvalue weighted by Crippen LogP contribution is 2.31. The van der Waals surface area contributed by atoms with Crippen molar-refractivity contribution >= 4 is 16.8 Å². The van der Waals surface area contributed by atoms with Crippen LogP contribution in [0.25, 0.3) is 10.9 Å². The molecular formula is C20H19N3O2. The molecule has 5 nitrogen and oxygen atoms in total. The van der Waals surface area contributed by atoms with E-state index in [0.29, 0.717) is 5.75 Å². The van der Waals surface area contributed by atoms with Gasteiger partial charge in [0.25, 0.3) is 5.91 Å². The maximum absolute atomic E-state index is 12.7. The Bertz CT molecular complexity index is 877. The molecule has 1 aromatic carbocycles. The van der Waals surface area contributed by atoms with Gasteiger partial charge in [-0.1, -0.05) is 12.1 Å². The van der Waals surface area contributed by atoms with Gasteiger partial charge in [-0.2, -0.15) is 0 Å². The molecule has 0 aliphatic carbocycles. The molecule has 0 bridgehead atoms. The van der Waals surface area contributed by atoms with Crippen molar-refractivity contribution in [3.05, 3.63) is 66.6 Å². The van der Waals surface area contributed by atoms with E-state index in [0.717, 1.165) is 35.9 Å². The molecule has 126 valence electrons. The fraction of sp³-hybridized carbons (Fsp3) is 0.250. The Morgan fingerprint density at radius 1 is 1.12 bits per heavy atom. The van der Waals surface area contributed by atoms with Gasteiger partial charge in [-0.25, -0.2) is 0 Å². The molecule has 0 spiro atoms. The number of hydrogen-bond donors (Lipinski definition) is 0. The molecule has 0 saturated carbocycles. The number of aromatic nitrogens is 2. The second-order valence-corrected chi connectivity index (χ2v) is 6.14. The number of fused-ring (bicyclic) bond motifs is 1. The first-order chi connectivity index (χ1) is 12.3. The molecule has 4 rings (SSSR count). The van der Waals surface area contributed by atoms with E-state index in [2.05, 4.69) is 9.97 Å². The van der Waals surface area contributed by atoms with E-state index >= 15 is 0 Å². The van der Waals surface area contributed by atoms with Crippen molar-refractivity contribution in [2.45, 2.75) is 18.9 Å². The van der Waals surface area contributed by atoms with Gasteiger partial charge in [0.1, 0.15) is 5.75 Å². The first-order valence-electron chi connectivity index (χ1n) is 8.49. The topological polar surface area (TPSA) is 55.3 Å². The lowest BCUT2D eigenvalue weighted by molar-refractivity contribution is -0.134. The van der Waals surface area contributed by atoms with Gasteiger partial charge in [0.05, 0.1) is 11.6 Å². The molecule has 1 amide bonds. The summed E-state index contributed by atoms with van der Waals surface area (Å²) in [7, 11) is 0. The Kier molecular flexibility index (Phi) is 4.29. The number of para-hydroxylation sites is 1. The fourth-order valence-electron chi connectivity index (χ4n) is 3.42. The van der Waals surface area contributed by atoms with Crippen LogP contribution in [0.4, 0.5) is 0 Å². The Balaban J connectivity index is 1.48. The predicted molar refractivity (Wildman–Crippen MR) is 95.2 cm³/mol. The van der Waals surface area contributed by atoms with Crippen LogP contribution in [-0.2, 0) is 4.79 Å². The van der Waals surface area contributed by atoms with E-state index < -0.39 is 0 Å². The quantitative estimate of drug-likeness (QED) is 0.734. The average molecular weight is 333 g/mol. The van der Waals surface area contributed by atoms with Gasteiger partial charge < -0.3 is 9.64 Å². The van der Waals surface area contributed by atoms with Crippen molar-refractivity contribution < 1.29 is 9.53 Å². The van der Waals surface area contributed by atoms with Gasteiger partial charge in [-0.15, -0.1) is 0 Å². The maximum Gasteiger partial charge on any atom is 0.261 e. The van der Waals surface area contributed by atoms with Crippen LogP contribution in [0.3, 0.4) is 0 Å². The summed E-state index contributed by atoms with van der Waals surface area (Å²) >= 11 is 0. The van der Waals surface area contributed by atoms with Gasteiger partial charge >= 0.3 is 0 Å². The maximum atomic E-state index is 12.7. The number of pyridine rings is 2. The van der Waals surface area contributed by atoms with Crippen LogP contribution in [0.5, 0.6) is 5.75 Å². The van der Waals surface area contributed by atoms with E-state index in [-0.39, 0.29) is 18.6 Å². The lowest BCUT2D eigenvalue weighted by Crippen LogP contribution is -2.34. The molecule has 2 aromatic heterocycles. The first kappa shape index (κ1) is 15.6. The minimum atomic E-state index is 0.0141. The molecule has 5 heteroatoms. The fourth-order valence-corrected chi connectivity index (χ4v) is 3.42. The predicted octanol–water partition coefficient (Wildman–Crippen LogP) is 3.37. The molecule has 1 aliphatic heterocycles. The zero-order valence-corrected chi connectivity index (χ0v) is 13.8. The number of benzene rings is 1. The molecule has 1 aliphatic rings. The number of carbonyl (C=O) groups excluding carboxylic acids is 1. The Labute approximate surface area is 146 Å². The SMILES string of the molecule is O=C(COc1ccnc2ccccc12)N1CCCC1c1ccncc1. The summed E-state index contributed by atoms with van der Waals surface area (Å²) in [6.45, 7) is 0.807. The zero-order valence-electron chi connectivity index (χ0n) is 13.8. The lowest BCUT2D eigenvalue weighted by Gasteiger charge is -2.25. The zero-order chi connectivity index (χ0) is 17.1. The van der Waals surface area contributed by atoms with Crippen LogP contribution in [0.15, 0.2) is 61.1 Å². The van der Waals surface area contributed by atoms with Crippen LogP contribution in [-0.4, -0.2) is 33.9 Å². The highest BCUT2D eigenvalue weighted by molar-refractivity contribution is 5.85. The van der Waals surface area contributed by atoms with Gasteiger partial charge in [0.2, 0.25) is 0 Å². The number of rotatable bonds is 4. The summed E-state index contributed by atoms with van der Waals surface area (Å²) in [5.41, 5.74) is 2.00. The van der Waals surface area contributed by atoms with Crippen molar-refractivity contribution in [3.63, 3.8) is 0 Å². The Morgan fingerprint density at radius 2 is 1.96 bits per heavy atom. The first-order valence-corrected chi connectivity index (χ1v) is 8.49. The normalized spacial score (nSPS) is 17.0. The largest absolute Gasteiger partial charge is 0.483 e. The smallest absolute Gasteiger partial charge is 0.261 e. The van der Waals surface area contributed by atoms with Crippen LogP contribution >= 0.6 is 0 Å². The van der Waals surface area contributed by atoms with Crippen LogP contribution in [0, 0.1) is 0 Å². The number of likely N-dealkylation sites (tertiary alicyclic amines) is 1. The monoisotopic (exact) mass is 333 g/mol. The summed E-state index contributed by atoms with van der Waals surface area (Å²) in [6.07, 6.45) is 7.24. The van der Waals surface area contributed by atoms with E-state index in [1.807, 2.05) is 41.3 Å². The standard InChI is InChI=1S/C20H19N3O2/c24-20(23-13-3-6-18(23)15-7-10-21-11-8-15)14-25-19-9-12-22-17-5-2-1-4-16(17)19/h1-2,4-5,7-12,18H,3,6,13-14H2. The average Bonchev–Trinajstić information content (AvgIpc) is 3.17. The van der Waals surface area contributed by atoms with E-state index in [1.54, 1.807) is 24.7 Å². The highest BCUT2D eigenvalue weighted by atomic mass is 16.5. The second-order valence-electron chi connectivity index (χ2n) is 6.14. The van der Waals surface area contributed by atoms with Crippen molar-refractivity contribution in [1.82, 2.24) is 14.9 Å². The minimum Gasteiger partial charge on any atom is -0.483 e. The van der Waals surface area contributed by atoms with Gasteiger partial charge in [-0.3, -0.25) is 14.8 Å². The molecule has 1 fully saturated rings. The van der Waals surface area contributed by atoms with E-state index in [4.69, 9.17) is 4.74 Å². The van der Waals surface area contributed by atoms with E-state index in [9.17, 15) is 4.79 Å². The van der Waals surface area contributed by atoms with Crippen LogP contribution in [0.2, 0.25) is 0 Å². The van der Waals surface area contributed by atoms with Gasteiger partial charge in [0, 0.05) is 30.5 Å². The third-order valence-corrected chi connectivity index (χ3v) is 4.62. The third-order valence-electron chi connectivity index (χ3n) is 4.62. The molecule has 1 saturated heterocycles. The number of ether oxygens (including phenoxy) is 1. The second kappa shape index (κ2) is 6.89. The van der Waals surface area contributed by atoms with Crippen molar-refractivity contribution in [3.8, 4) is 5.75 Å². The molecule has 25 heavy (non-hydrogen) atoms. The number of nitrogens with zero attached hydrogens (tertiary/aromatic N) is 3. The third kappa shape index (κ3) is 3.18. The number of hydrogen-bond acceptors (Lipinski definition) is 4. The van der Waals surface area contributed by atoms with Crippen LogP contribution in [0.1, 0.15) is 24.4 Å². The van der Waals surface area contributed by atoms with Crippen molar-refractivity contribution in [2.75, 3.05) is 13.2 Å². The van der Waals surface area contributed by atoms with E-state index in [1.165, 1.54) is 0 Å². The molecule has 3 heterocycles. The highest BCUT2D eigenvalue weighted by Gasteiger charge is 2.30. The van der Waals surface area contributed by atoms with Gasteiger partial charge in [-0.05, 0) is 48.7 Å². The van der Waals surface area contributed by atoms with Crippen molar-refractivity contribution in [2.24, 2.45) is 0 Å². The summed E-state index contributed by atoms with van der Waals surface area (Å²) in [6, 6.07) is 13.7. The van der Waals surface area contributed by atoms with Crippen LogP contribution < -0.4 is 4.74 Å². The molecule has 0 radical (unpaired) electrons. The number of carbonyl (C=O) groups is 1. The number of amides is 1. The molecule has 3 aromatic rings. The summed E-state index contributed by atoms with van der Waals surface area (Å²) in [4.78, 5) is 23.0. The summed E-state index contributed by atoms with van der Waals surface area (Å²) in [5.74, 6) is 0.707. The summed E-state index contributed by atoms with van der Waals surface area (Å²) in [5, 5.41) is 0.921. The molecular weight excluding hydrogens is 314 g/mol. The molecule has 1 unspecified atom stereocenters. The lowest BCUT2D eigenvalue weighted by atomic mass is 10.1. The minimum absolute atomic E-state index is 0.0141. The summed E-state index contributed by atoms with van der Waals surface area (Å²) < 4.78 is 5.83. The Hall–Kier alpha value is -2.95.